The number of halogens is 3. The van der Waals surface area contributed by atoms with Gasteiger partial charge in [-0.15, -0.1) is 6.20 Å². The summed E-state index contributed by atoms with van der Waals surface area (Å²) in [5, 5.41) is 10.4. The predicted molar refractivity (Wildman–Crippen MR) is 112 cm³/mol. The summed E-state index contributed by atoms with van der Waals surface area (Å²) in [6, 6.07) is 7.60. The number of aryl methyl sites for hydroxylation is 2. The zero-order valence-corrected chi connectivity index (χ0v) is 21.7. The van der Waals surface area contributed by atoms with Gasteiger partial charge in [0.05, 0.1) is 11.1 Å². The van der Waals surface area contributed by atoms with Crippen molar-refractivity contribution in [2.75, 3.05) is 5.32 Å². The second-order valence-electron chi connectivity index (χ2n) is 7.08. The van der Waals surface area contributed by atoms with Crippen LogP contribution in [-0.2, 0) is 13.2 Å². The number of alkyl halides is 3. The van der Waals surface area contributed by atoms with E-state index in [1.165, 1.54) is 13.1 Å². The predicted octanol–water partition coefficient (Wildman–Crippen LogP) is 0.643. The first-order chi connectivity index (χ1) is 15.1. The number of anilines is 1. The normalized spacial score (nSPS) is 13.0. The molecule has 1 aromatic carbocycles. The van der Waals surface area contributed by atoms with Gasteiger partial charge in [-0.1, -0.05) is 29.9 Å². The fourth-order valence-electron chi connectivity index (χ4n) is 2.86. The molecule has 1 atom stereocenters. The summed E-state index contributed by atoms with van der Waals surface area (Å²) in [6.07, 6.45) is 4.28. The van der Waals surface area contributed by atoms with Crippen LogP contribution in [0.3, 0.4) is 0 Å². The van der Waals surface area contributed by atoms with Crippen molar-refractivity contribution in [2.24, 2.45) is 12.0 Å². The summed E-state index contributed by atoms with van der Waals surface area (Å²) in [5.41, 5.74) is -0.0126. The molecule has 2 aromatic heterocycles. The number of aromatic nitrogens is 3. The average molecular weight is 482 g/mol. The van der Waals surface area contributed by atoms with Crippen molar-refractivity contribution >= 4 is 11.6 Å². The Labute approximate surface area is 231 Å². The molecule has 33 heavy (non-hydrogen) atoms. The first-order valence-electron chi connectivity index (χ1n) is 9.61. The Hall–Kier alpha value is -2.18. The number of nitrogens with one attached hydrogen (secondary N) is 2. The van der Waals surface area contributed by atoms with Gasteiger partial charge in [-0.2, -0.15) is 13.2 Å². The second kappa shape index (κ2) is 11.8. The number of rotatable bonds is 6. The van der Waals surface area contributed by atoms with E-state index in [2.05, 4.69) is 31.9 Å². The van der Waals surface area contributed by atoms with Crippen molar-refractivity contribution < 1.29 is 69.4 Å². The fraction of sp³-hybridized carbons (Fsp3) is 0.227. The van der Waals surface area contributed by atoms with Gasteiger partial charge in [0.15, 0.2) is 0 Å². The minimum absolute atomic E-state index is 0. The van der Waals surface area contributed by atoms with Crippen LogP contribution >= 0.6 is 0 Å². The van der Waals surface area contributed by atoms with Crippen molar-refractivity contribution in [3.63, 3.8) is 0 Å². The summed E-state index contributed by atoms with van der Waals surface area (Å²) in [5.74, 6) is -0.678. The van der Waals surface area contributed by atoms with Crippen molar-refractivity contribution in [2.45, 2.75) is 26.1 Å². The maximum absolute atomic E-state index is 13.1. The van der Waals surface area contributed by atoms with Crippen LogP contribution in [0.1, 0.15) is 40.1 Å². The summed E-state index contributed by atoms with van der Waals surface area (Å²) in [6.45, 7) is 3.14. The summed E-state index contributed by atoms with van der Waals surface area (Å²) >= 11 is 0. The van der Waals surface area contributed by atoms with Crippen LogP contribution in [0.2, 0.25) is 0 Å². The number of pyridine rings is 1. The molecule has 0 saturated heterocycles. The minimum Gasteiger partial charge on any atom is -0.560 e. The fourth-order valence-corrected chi connectivity index (χ4v) is 2.86. The number of carbonyl (C=O) groups is 1. The van der Waals surface area contributed by atoms with E-state index in [0.29, 0.717) is 11.0 Å². The Morgan fingerprint density at radius 2 is 2.06 bits per heavy atom. The Bertz CT molecular complexity index is 1200. The molecule has 1 unspecified atom stereocenters. The molecule has 1 amide bonds. The van der Waals surface area contributed by atoms with E-state index in [1.54, 1.807) is 42.3 Å². The molecule has 0 bridgehead atoms. The van der Waals surface area contributed by atoms with Gasteiger partial charge in [0.1, 0.15) is 0 Å². The maximum atomic E-state index is 13.1. The van der Waals surface area contributed by atoms with E-state index in [-0.39, 0.29) is 68.7 Å². The number of carbonyl (C=O) groups excluding carboxylic acids is 1. The summed E-state index contributed by atoms with van der Waals surface area (Å²) in [7, 11) is 1.79. The zero-order chi connectivity index (χ0) is 23.3. The SMILES string of the molecule is Cc1ncc(C(=O)Nc2cccc(C(C)N[C-]=CN=c3cnn(C)[cH-]3)c2)cc1C(F)(F)F.[K+]. The Morgan fingerprint density at radius 1 is 1.30 bits per heavy atom. The van der Waals surface area contributed by atoms with E-state index in [9.17, 15) is 18.0 Å². The molecule has 2 heterocycles. The van der Waals surface area contributed by atoms with Crippen molar-refractivity contribution in [1.82, 2.24) is 20.1 Å². The smallest absolute Gasteiger partial charge is 0.560 e. The molecule has 2 N–H and O–H groups in total. The molecule has 0 aliphatic rings. The third-order valence-corrected chi connectivity index (χ3v) is 4.57. The van der Waals surface area contributed by atoms with Crippen LogP contribution in [0.15, 0.2) is 60.1 Å². The Kier molecular flexibility index (Phi) is 9.67. The quantitative estimate of drug-likeness (QED) is 0.308. The monoisotopic (exact) mass is 481 g/mol. The van der Waals surface area contributed by atoms with E-state index >= 15 is 0 Å². The minimum atomic E-state index is -4.58. The van der Waals surface area contributed by atoms with Crippen LogP contribution in [0, 0.1) is 13.1 Å². The molecule has 11 heteroatoms. The number of hydrogen-bond donors (Lipinski definition) is 2. The summed E-state index contributed by atoms with van der Waals surface area (Å²) in [4.78, 5) is 20.4. The molecular formula is C22H21F3KN6O-. The molecule has 0 spiro atoms. The third-order valence-electron chi connectivity index (χ3n) is 4.57. The van der Waals surface area contributed by atoms with E-state index < -0.39 is 17.6 Å². The van der Waals surface area contributed by atoms with Gasteiger partial charge in [-0.25, -0.2) is 0 Å². The molecular weight excluding hydrogens is 460 g/mol. The molecule has 7 nitrogen and oxygen atoms in total. The van der Waals surface area contributed by atoms with Gasteiger partial charge in [0, 0.05) is 30.7 Å². The molecule has 0 aliphatic carbocycles. The molecule has 0 saturated carbocycles. The van der Waals surface area contributed by atoms with Crippen LogP contribution in [0.5, 0.6) is 0 Å². The first-order valence-corrected chi connectivity index (χ1v) is 9.61. The van der Waals surface area contributed by atoms with Crippen LogP contribution in [0.25, 0.3) is 0 Å². The first kappa shape index (κ1) is 27.1. The van der Waals surface area contributed by atoms with Crippen LogP contribution in [-0.4, -0.2) is 20.7 Å². The van der Waals surface area contributed by atoms with E-state index in [1.807, 2.05) is 13.0 Å². The maximum Gasteiger partial charge on any atom is 1.00 e. The molecule has 0 aliphatic heterocycles. The zero-order valence-electron chi connectivity index (χ0n) is 18.6. The van der Waals surface area contributed by atoms with Gasteiger partial charge in [-0.3, -0.25) is 14.9 Å². The largest absolute Gasteiger partial charge is 1.00 e. The van der Waals surface area contributed by atoms with Crippen LogP contribution < -0.4 is 67.4 Å². The number of nitrogens with zero attached hydrogens (tertiary/aromatic N) is 4. The van der Waals surface area contributed by atoms with Crippen molar-refractivity contribution in [3.05, 3.63) is 89.1 Å². The number of benzene rings is 1. The van der Waals surface area contributed by atoms with Gasteiger partial charge in [-0.05, 0) is 37.6 Å². The molecule has 168 valence electrons. The molecule has 0 fully saturated rings. The number of hydrogen-bond acceptors (Lipinski definition) is 5. The average Bonchev–Trinajstić information content (AvgIpc) is 3.15. The van der Waals surface area contributed by atoms with Gasteiger partial charge < -0.3 is 26.5 Å². The van der Waals surface area contributed by atoms with Crippen molar-refractivity contribution in [3.8, 4) is 0 Å². The molecule has 3 aromatic rings. The molecule has 0 radical (unpaired) electrons. The topological polar surface area (TPSA) is 84.2 Å². The summed E-state index contributed by atoms with van der Waals surface area (Å²) < 4.78 is 40.9. The Morgan fingerprint density at radius 3 is 2.73 bits per heavy atom. The van der Waals surface area contributed by atoms with Crippen molar-refractivity contribution in [1.29, 1.82) is 0 Å². The van der Waals surface area contributed by atoms with E-state index in [4.69, 9.17) is 0 Å². The van der Waals surface area contributed by atoms with Gasteiger partial charge in [0.25, 0.3) is 5.91 Å². The van der Waals surface area contributed by atoms with E-state index in [0.717, 1.165) is 17.8 Å². The number of amides is 1. The van der Waals surface area contributed by atoms with Crippen LogP contribution in [0.4, 0.5) is 18.9 Å². The van der Waals surface area contributed by atoms with Gasteiger partial charge in [0.2, 0.25) is 0 Å². The molecule has 3 rings (SSSR count). The third kappa shape index (κ3) is 7.68. The second-order valence-corrected chi connectivity index (χ2v) is 7.08. The Balaban J connectivity index is 0.00000385. The van der Waals surface area contributed by atoms with Gasteiger partial charge >= 0.3 is 57.6 Å². The standard InChI is InChI=1S/C22H21F3N6O.K/c1-14(26-7-8-27-19-12-29-31(3)13-19)16-5-4-6-18(9-16)30-21(32)17-10-20(22(23,24)25)15(2)28-11-17;/h4-6,8-14,26H,1-3H3,(H,30,32);/q-2;+1.